The fourth-order valence-corrected chi connectivity index (χ4v) is 7.38. The van der Waals surface area contributed by atoms with Crippen LogP contribution in [0, 0.1) is 5.41 Å². The summed E-state index contributed by atoms with van der Waals surface area (Å²) in [5.74, 6) is 0. The van der Waals surface area contributed by atoms with Gasteiger partial charge in [0.05, 0.1) is 0 Å². The fraction of sp³-hybridized carbons (Fsp3) is 1.00. The van der Waals surface area contributed by atoms with Gasteiger partial charge in [-0.1, -0.05) is 6.92 Å². The Morgan fingerprint density at radius 1 is 0.696 bits per heavy atom. The van der Waals surface area contributed by atoms with Crippen molar-refractivity contribution in [2.45, 2.75) is 32.9 Å². The van der Waals surface area contributed by atoms with Crippen LogP contribution < -0.4 is 0 Å². The van der Waals surface area contributed by atoms with Crippen molar-refractivity contribution in [2.24, 2.45) is 5.41 Å². The molecule has 0 fully saturated rings. The summed E-state index contributed by atoms with van der Waals surface area (Å²) in [7, 11) is 10.8. The number of hydrogen-bond donors (Lipinski definition) is 0. The Hall–Kier alpha value is 0.0169. The molecule has 140 valence electrons. The molecule has 0 rings (SSSR count). The predicted octanol–water partition coefficient (Wildman–Crippen LogP) is 2.19. The molecule has 0 amide bonds. The van der Waals surface area contributed by atoms with Crippen LogP contribution >= 0.6 is 0 Å². The molecule has 0 aromatic carbocycles. The zero-order valence-corrected chi connectivity index (χ0v) is 18.1. The van der Waals surface area contributed by atoms with E-state index in [1.54, 1.807) is 0 Å². The van der Waals surface area contributed by atoms with Crippen LogP contribution in [0.4, 0.5) is 0 Å². The lowest BCUT2D eigenvalue weighted by atomic mass is 9.88. The first kappa shape index (κ1) is 23.0. The van der Waals surface area contributed by atoms with E-state index in [0.717, 1.165) is 44.9 Å². The van der Waals surface area contributed by atoms with E-state index in [9.17, 15) is 0 Å². The average molecular weight is 348 g/mol. The van der Waals surface area contributed by atoms with Gasteiger partial charge in [0, 0.05) is 44.3 Å². The van der Waals surface area contributed by atoms with E-state index in [1.165, 1.54) is 0 Å². The molecule has 0 heterocycles. The Kier molecular flexibility index (Phi) is 10.8. The molecule has 0 aromatic heterocycles. The van der Waals surface area contributed by atoms with Gasteiger partial charge in [0.25, 0.3) is 0 Å². The van der Waals surface area contributed by atoms with Crippen LogP contribution in [-0.4, -0.2) is 98.4 Å². The van der Waals surface area contributed by atoms with Crippen LogP contribution in [-0.2, 0) is 8.85 Å². The molecule has 0 aliphatic heterocycles. The van der Waals surface area contributed by atoms with Gasteiger partial charge < -0.3 is 23.6 Å². The number of nitrogens with zero attached hydrogens (tertiary/aromatic N) is 3. The SMILES string of the molecule is CCO[Si](CC)(CC(CN(C)C)(CN(C)C)CN(C)C)OCC. The molecule has 5 nitrogen and oxygen atoms in total. The van der Waals surface area contributed by atoms with Gasteiger partial charge in [-0.25, -0.2) is 0 Å². The number of hydrogen-bond acceptors (Lipinski definition) is 5. The van der Waals surface area contributed by atoms with E-state index in [0.29, 0.717) is 0 Å². The lowest BCUT2D eigenvalue weighted by Gasteiger charge is -2.45. The Morgan fingerprint density at radius 3 is 1.26 bits per heavy atom. The van der Waals surface area contributed by atoms with Crippen LogP contribution in [0.15, 0.2) is 0 Å². The van der Waals surface area contributed by atoms with Crippen LogP contribution in [0.25, 0.3) is 0 Å². The highest BCUT2D eigenvalue weighted by Crippen LogP contribution is 2.35. The summed E-state index contributed by atoms with van der Waals surface area (Å²) in [6, 6.07) is 2.04. The van der Waals surface area contributed by atoms with Gasteiger partial charge in [0.2, 0.25) is 0 Å². The second-order valence-corrected chi connectivity index (χ2v) is 11.0. The minimum absolute atomic E-state index is 0.142. The van der Waals surface area contributed by atoms with Crippen molar-refractivity contribution in [1.29, 1.82) is 0 Å². The molecule has 0 N–H and O–H groups in total. The molecule has 0 unspecified atom stereocenters. The summed E-state index contributed by atoms with van der Waals surface area (Å²) < 4.78 is 12.6. The second-order valence-electron chi connectivity index (χ2n) is 7.52. The quantitative estimate of drug-likeness (QED) is 0.476. The molecule has 0 saturated carbocycles. The molecule has 0 bridgehead atoms. The first-order valence-corrected chi connectivity index (χ1v) is 11.1. The Morgan fingerprint density at radius 2 is 1.04 bits per heavy atom. The topological polar surface area (TPSA) is 28.2 Å². The van der Waals surface area contributed by atoms with Crippen LogP contribution in [0.2, 0.25) is 12.1 Å². The molecular formula is C17H41N3O2Si. The van der Waals surface area contributed by atoms with Crippen molar-refractivity contribution in [3.05, 3.63) is 0 Å². The van der Waals surface area contributed by atoms with Crippen molar-refractivity contribution in [3.63, 3.8) is 0 Å². The van der Waals surface area contributed by atoms with E-state index in [-0.39, 0.29) is 5.41 Å². The third kappa shape index (κ3) is 8.61. The van der Waals surface area contributed by atoms with Gasteiger partial charge in [-0.05, 0) is 62.2 Å². The van der Waals surface area contributed by atoms with Crippen molar-refractivity contribution < 1.29 is 8.85 Å². The largest absolute Gasteiger partial charge is 0.394 e. The molecule has 0 aliphatic carbocycles. The van der Waals surface area contributed by atoms with Crippen LogP contribution in [0.5, 0.6) is 0 Å². The normalized spacial score (nSPS) is 13.6. The molecule has 0 radical (unpaired) electrons. The lowest BCUT2D eigenvalue weighted by Crippen LogP contribution is -2.55. The summed E-state index contributed by atoms with van der Waals surface area (Å²) in [4.78, 5) is 6.92. The zero-order chi connectivity index (χ0) is 18.1. The molecule has 23 heavy (non-hydrogen) atoms. The minimum Gasteiger partial charge on any atom is -0.394 e. The average Bonchev–Trinajstić information content (AvgIpc) is 2.36. The van der Waals surface area contributed by atoms with Crippen molar-refractivity contribution in [1.82, 2.24) is 14.7 Å². The molecular weight excluding hydrogens is 306 g/mol. The maximum atomic E-state index is 6.28. The summed E-state index contributed by atoms with van der Waals surface area (Å²) in [6.07, 6.45) is 0. The fourth-order valence-electron chi connectivity index (χ4n) is 3.90. The standard InChI is InChI=1S/C17H41N3O2Si/c1-10-21-23(12-3,22-11-2)16-17(13-18(4)5,14-19(6)7)15-20(8)9/h10-16H2,1-9H3. The predicted molar refractivity (Wildman–Crippen MR) is 102 cm³/mol. The highest BCUT2D eigenvalue weighted by Gasteiger charge is 2.46. The van der Waals surface area contributed by atoms with Gasteiger partial charge >= 0.3 is 8.56 Å². The minimum atomic E-state index is -2.19. The molecule has 0 spiro atoms. The Labute approximate surface area is 146 Å². The summed E-state index contributed by atoms with van der Waals surface area (Å²) in [6.45, 7) is 11.0. The monoisotopic (exact) mass is 347 g/mol. The lowest BCUT2D eigenvalue weighted by molar-refractivity contribution is 0.0976. The smallest absolute Gasteiger partial charge is 0.338 e. The highest BCUT2D eigenvalue weighted by molar-refractivity contribution is 6.67. The van der Waals surface area contributed by atoms with E-state index < -0.39 is 8.56 Å². The van der Waals surface area contributed by atoms with Crippen molar-refractivity contribution in [2.75, 3.05) is 75.1 Å². The van der Waals surface area contributed by atoms with E-state index >= 15 is 0 Å². The summed E-state index contributed by atoms with van der Waals surface area (Å²) in [5.41, 5.74) is 0.142. The Bertz CT molecular complexity index is 280. The van der Waals surface area contributed by atoms with Crippen molar-refractivity contribution in [3.8, 4) is 0 Å². The van der Waals surface area contributed by atoms with E-state index in [2.05, 4.69) is 77.8 Å². The molecule has 0 atom stereocenters. The third-order valence-corrected chi connectivity index (χ3v) is 7.95. The maximum absolute atomic E-state index is 6.28. The van der Waals surface area contributed by atoms with Gasteiger partial charge in [-0.2, -0.15) is 0 Å². The van der Waals surface area contributed by atoms with Crippen LogP contribution in [0.3, 0.4) is 0 Å². The number of rotatable bonds is 13. The maximum Gasteiger partial charge on any atom is 0.338 e. The zero-order valence-electron chi connectivity index (χ0n) is 17.1. The second kappa shape index (κ2) is 10.8. The van der Waals surface area contributed by atoms with Crippen molar-refractivity contribution >= 4 is 8.56 Å². The van der Waals surface area contributed by atoms with Crippen LogP contribution in [0.1, 0.15) is 20.8 Å². The van der Waals surface area contributed by atoms with Gasteiger partial charge in [-0.3, -0.25) is 0 Å². The third-order valence-electron chi connectivity index (χ3n) is 3.95. The molecule has 6 heteroatoms. The molecule has 0 aromatic rings. The van der Waals surface area contributed by atoms with E-state index in [4.69, 9.17) is 8.85 Å². The van der Waals surface area contributed by atoms with Gasteiger partial charge in [0.15, 0.2) is 0 Å². The summed E-state index contributed by atoms with van der Waals surface area (Å²) in [5, 5.41) is 0. The Balaban J connectivity index is 5.64. The first-order valence-electron chi connectivity index (χ1n) is 8.86. The molecule has 0 saturated heterocycles. The molecule has 0 aliphatic rings. The summed E-state index contributed by atoms with van der Waals surface area (Å²) >= 11 is 0. The highest BCUT2D eigenvalue weighted by atomic mass is 28.4. The van der Waals surface area contributed by atoms with E-state index in [1.807, 2.05) is 0 Å². The first-order chi connectivity index (χ1) is 10.6. The van der Waals surface area contributed by atoms with Gasteiger partial charge in [-0.15, -0.1) is 0 Å². The van der Waals surface area contributed by atoms with Gasteiger partial charge in [0.1, 0.15) is 0 Å².